The molecule has 54 heavy (non-hydrogen) atoms. The molecule has 6 atom stereocenters. The van der Waals surface area contributed by atoms with E-state index in [0.717, 1.165) is 17.7 Å². The van der Waals surface area contributed by atoms with Crippen LogP contribution >= 0.6 is 11.3 Å². The van der Waals surface area contributed by atoms with Crippen molar-refractivity contribution in [1.82, 2.24) is 30.5 Å². The molecule has 1 aromatic carbocycles. The molecule has 16 heteroatoms. The first-order valence-corrected chi connectivity index (χ1v) is 20.8. The molecule has 4 aliphatic rings. The molecule has 0 radical (unpaired) electrons. The van der Waals surface area contributed by atoms with Gasteiger partial charge in [0.15, 0.2) is 5.78 Å². The molecule has 3 aromatic heterocycles. The smallest absolute Gasteiger partial charge is 0.290 e. The van der Waals surface area contributed by atoms with E-state index >= 15 is 0 Å². The molecule has 14 nitrogen and oxygen atoms in total. The fourth-order valence-corrected chi connectivity index (χ4v) is 9.69. The van der Waals surface area contributed by atoms with Crippen LogP contribution in [-0.2, 0) is 24.4 Å². The maximum atomic E-state index is 14.6. The third kappa shape index (κ3) is 7.40. The van der Waals surface area contributed by atoms with E-state index in [4.69, 9.17) is 19.2 Å². The summed E-state index contributed by atoms with van der Waals surface area (Å²) in [4.78, 5) is 66.5. The largest absolute Gasteiger partial charge is 0.473 e. The van der Waals surface area contributed by atoms with E-state index in [1.54, 1.807) is 0 Å². The van der Waals surface area contributed by atoms with Crippen LogP contribution in [0.25, 0.3) is 21.6 Å². The minimum atomic E-state index is -3.89. The Morgan fingerprint density at radius 1 is 0.963 bits per heavy atom. The van der Waals surface area contributed by atoms with Crippen molar-refractivity contribution in [3.05, 3.63) is 72.0 Å². The average molecular weight is 773 g/mol. The number of sulfonamides is 1. The van der Waals surface area contributed by atoms with Gasteiger partial charge < -0.3 is 19.9 Å². The van der Waals surface area contributed by atoms with Crippen LogP contribution in [0.5, 0.6) is 5.88 Å². The quantitative estimate of drug-likeness (QED) is 0.213. The van der Waals surface area contributed by atoms with Crippen molar-refractivity contribution in [2.45, 2.75) is 87.1 Å². The Morgan fingerprint density at radius 3 is 2.50 bits per heavy atom. The van der Waals surface area contributed by atoms with Crippen LogP contribution in [0.3, 0.4) is 0 Å². The Kier molecular flexibility index (Phi) is 9.81. The highest BCUT2D eigenvalue weighted by molar-refractivity contribution is 7.91. The predicted molar refractivity (Wildman–Crippen MR) is 198 cm³/mol. The van der Waals surface area contributed by atoms with Gasteiger partial charge in [-0.1, -0.05) is 48.3 Å². The fourth-order valence-electron chi connectivity index (χ4n) is 7.62. The third-order valence-corrected chi connectivity index (χ3v) is 13.5. The van der Waals surface area contributed by atoms with Crippen molar-refractivity contribution < 1.29 is 36.9 Å². The number of fused-ring (bicyclic) bond motifs is 3. The van der Waals surface area contributed by atoms with E-state index in [1.807, 2.05) is 53.9 Å². The molecule has 0 spiro atoms. The number of ketones is 1. The zero-order chi connectivity index (χ0) is 37.5. The van der Waals surface area contributed by atoms with Gasteiger partial charge in [-0.25, -0.2) is 18.4 Å². The predicted octanol–water partition coefficient (Wildman–Crippen LogP) is 4.49. The number of benzene rings is 1. The number of ether oxygens (including phenoxy) is 1. The molecule has 4 aromatic rings. The second-order valence-electron chi connectivity index (χ2n) is 14.6. The van der Waals surface area contributed by atoms with Gasteiger partial charge in [0.25, 0.3) is 11.8 Å². The van der Waals surface area contributed by atoms with Crippen molar-refractivity contribution in [2.75, 3.05) is 0 Å². The summed E-state index contributed by atoms with van der Waals surface area (Å²) < 4.78 is 39.6. The van der Waals surface area contributed by atoms with Crippen LogP contribution in [0.4, 0.5) is 0 Å². The number of para-hydroxylation sites is 2. The maximum Gasteiger partial charge on any atom is 0.290 e. The van der Waals surface area contributed by atoms with E-state index in [-0.39, 0.29) is 36.7 Å². The van der Waals surface area contributed by atoms with Crippen LogP contribution in [0, 0.1) is 17.8 Å². The number of allylic oxidation sites excluding steroid dienone is 1. The summed E-state index contributed by atoms with van der Waals surface area (Å²) in [5, 5.41) is 10.7. The zero-order valence-electron chi connectivity index (χ0n) is 29.3. The van der Waals surface area contributed by atoms with Crippen LogP contribution in [-0.4, -0.2) is 70.0 Å². The number of thiophene rings is 1. The molecule has 3 aliphatic carbocycles. The van der Waals surface area contributed by atoms with Gasteiger partial charge in [0, 0.05) is 17.9 Å². The molecule has 1 aliphatic heterocycles. The average Bonchev–Trinajstić information content (AvgIpc) is 3.87. The number of hydrogen-bond acceptors (Lipinski definition) is 12. The van der Waals surface area contributed by atoms with E-state index in [0.29, 0.717) is 48.8 Å². The second-order valence-corrected chi connectivity index (χ2v) is 17.5. The fraction of sp³-hybridized carbons (Fsp3) is 0.447. The summed E-state index contributed by atoms with van der Waals surface area (Å²) in [7, 11) is -3.89. The molecule has 3 N–H and O–H groups in total. The molecular formula is C38H40N6O8S2. The maximum absolute atomic E-state index is 14.6. The Morgan fingerprint density at radius 2 is 1.76 bits per heavy atom. The standard InChI is InChI=1S/C38H40N6O8S2/c45-33-25-19-23(51-36-32(31-13-8-18-53-31)40-27-10-6-7-11-28(27)42-36)20-26(25)34(46)43-38(37(48)44-54(49,50)24-14-15-24)21-22(38)9-4-2-1-3-5-12-29(33)41-35(47)30-16-17-39-52-30/h4,6-11,13,16-18,22-26,29H,1-3,5,12,14-15,19-21H2,(H,41,47)(H,43,46)(H,44,48)/b9-4-/t22?,23-,25?,26+,29+,38+/m0/s1. The summed E-state index contributed by atoms with van der Waals surface area (Å²) in [5.74, 6) is -4.36. The highest BCUT2D eigenvalue weighted by atomic mass is 32.2. The van der Waals surface area contributed by atoms with Crippen LogP contribution in [0.1, 0.15) is 74.8 Å². The minimum absolute atomic E-state index is 0.0457. The topological polar surface area (TPSA) is 200 Å². The van der Waals surface area contributed by atoms with Crippen LogP contribution in [0.2, 0.25) is 0 Å². The van der Waals surface area contributed by atoms with Gasteiger partial charge in [-0.3, -0.25) is 23.9 Å². The second kappa shape index (κ2) is 14.7. The lowest BCUT2D eigenvalue weighted by Gasteiger charge is -2.26. The number of nitrogens with zero attached hydrogens (tertiary/aromatic N) is 3. The Bertz CT molecular complexity index is 2200. The number of Topliss-reactive ketones (excluding diaryl/α,β-unsaturated/α-hetero) is 1. The summed E-state index contributed by atoms with van der Waals surface area (Å²) in [6, 6.07) is 11.7. The molecular weight excluding hydrogens is 733 g/mol. The lowest BCUT2D eigenvalue weighted by molar-refractivity contribution is -0.136. The highest BCUT2D eigenvalue weighted by Gasteiger charge is 2.62. The molecule has 3 saturated carbocycles. The molecule has 8 rings (SSSR count). The third-order valence-electron chi connectivity index (χ3n) is 10.8. The van der Waals surface area contributed by atoms with E-state index in [9.17, 15) is 27.6 Å². The van der Waals surface area contributed by atoms with E-state index < -0.39 is 68.4 Å². The molecule has 2 unspecified atom stereocenters. The first-order chi connectivity index (χ1) is 26.1. The van der Waals surface area contributed by atoms with Crippen molar-refractivity contribution in [3.8, 4) is 16.5 Å². The van der Waals surface area contributed by atoms with Gasteiger partial charge in [-0.2, -0.15) is 0 Å². The first-order valence-electron chi connectivity index (χ1n) is 18.4. The highest BCUT2D eigenvalue weighted by Crippen LogP contribution is 2.47. The molecule has 0 bridgehead atoms. The molecule has 0 saturated heterocycles. The van der Waals surface area contributed by atoms with Crippen LogP contribution in [0.15, 0.2) is 70.7 Å². The van der Waals surface area contributed by atoms with Crippen molar-refractivity contribution >= 4 is 55.9 Å². The summed E-state index contributed by atoms with van der Waals surface area (Å²) >= 11 is 1.48. The summed E-state index contributed by atoms with van der Waals surface area (Å²) in [6.45, 7) is 0. The zero-order valence-corrected chi connectivity index (χ0v) is 30.9. The Balaban J connectivity index is 1.12. The van der Waals surface area contributed by atoms with Gasteiger partial charge in [-0.15, -0.1) is 11.3 Å². The molecule has 4 heterocycles. The normalized spacial score (nSPS) is 28.1. The van der Waals surface area contributed by atoms with Gasteiger partial charge in [-0.05, 0) is 74.9 Å². The van der Waals surface area contributed by atoms with Crippen molar-refractivity contribution in [2.24, 2.45) is 17.8 Å². The monoisotopic (exact) mass is 772 g/mol. The number of amides is 3. The van der Waals surface area contributed by atoms with Gasteiger partial charge in [0.2, 0.25) is 27.6 Å². The van der Waals surface area contributed by atoms with E-state index in [1.165, 1.54) is 23.6 Å². The molecule has 3 fully saturated rings. The van der Waals surface area contributed by atoms with Crippen molar-refractivity contribution in [1.29, 1.82) is 0 Å². The number of rotatable bonds is 8. The van der Waals surface area contributed by atoms with Crippen LogP contribution < -0.4 is 20.1 Å². The number of carbonyl (C=O) groups is 4. The SMILES string of the molecule is O=C(N[C@@H]1CCCCC/C=C\C2C[C@@]2(C(=O)NS(=O)(=O)C2CC2)NC(=O)[C@@H]2C[C@@H](Oc3nc4ccccc4nc3-c3cccs3)CC2C1=O)c1ccno1. The number of carbonyl (C=O) groups excluding carboxylic acids is 4. The van der Waals surface area contributed by atoms with Crippen molar-refractivity contribution in [3.63, 3.8) is 0 Å². The van der Waals surface area contributed by atoms with Gasteiger partial charge >= 0.3 is 0 Å². The minimum Gasteiger partial charge on any atom is -0.473 e. The number of hydrogen-bond donors (Lipinski definition) is 3. The molecule has 282 valence electrons. The number of aromatic nitrogens is 3. The Hall–Kier alpha value is -4.96. The lowest BCUT2D eigenvalue weighted by atomic mass is 9.85. The van der Waals surface area contributed by atoms with Gasteiger partial charge in [0.1, 0.15) is 17.3 Å². The Labute approximate surface area is 315 Å². The summed E-state index contributed by atoms with van der Waals surface area (Å²) in [5.41, 5.74) is 0.347. The summed E-state index contributed by atoms with van der Waals surface area (Å²) in [6.07, 6.45) is 9.13. The lowest BCUT2D eigenvalue weighted by Crippen LogP contribution is -2.54. The first kappa shape index (κ1) is 36.0. The van der Waals surface area contributed by atoms with E-state index in [2.05, 4.69) is 20.5 Å². The molecule has 3 amide bonds. The van der Waals surface area contributed by atoms with Gasteiger partial charge in [0.05, 0.1) is 39.3 Å². The number of nitrogens with one attached hydrogen (secondary N) is 3.